The Kier molecular flexibility index (Phi) is 9.48. The molecular weight excluding hydrogens is 504 g/mol. The van der Waals surface area contributed by atoms with Gasteiger partial charge >= 0.3 is 11.9 Å². The standard InChI is InChI=1S/C24H28N4O6S2/c1-6-32-16-11-9-15(10-12-16)20-26-27-24(28(20)5)35-13-17(29)25-21-18(22(30)33-7-2)14(4)19(36-21)23(31)34-8-3/h9-12H,6-8,13H2,1-5H3,(H,25,29). The second-order valence-electron chi connectivity index (χ2n) is 7.36. The minimum Gasteiger partial charge on any atom is -0.494 e. The molecular formula is C24H28N4O6S2. The number of nitrogens with zero attached hydrogens (tertiary/aromatic N) is 3. The third kappa shape index (κ3) is 6.24. The molecule has 0 bridgehead atoms. The molecule has 0 saturated heterocycles. The first-order chi connectivity index (χ1) is 17.3. The molecule has 2 heterocycles. The van der Waals surface area contributed by atoms with Crippen LogP contribution >= 0.6 is 23.1 Å². The van der Waals surface area contributed by atoms with Crippen molar-refractivity contribution in [2.75, 3.05) is 30.9 Å². The fraction of sp³-hybridized carbons (Fsp3) is 0.375. The first-order valence-corrected chi connectivity index (χ1v) is 13.1. The molecule has 12 heteroatoms. The van der Waals surface area contributed by atoms with Crippen LogP contribution in [0.25, 0.3) is 11.4 Å². The number of ether oxygens (including phenoxy) is 3. The van der Waals surface area contributed by atoms with E-state index in [0.29, 0.717) is 23.2 Å². The van der Waals surface area contributed by atoms with E-state index < -0.39 is 11.9 Å². The van der Waals surface area contributed by atoms with Crippen LogP contribution in [0.2, 0.25) is 0 Å². The lowest BCUT2D eigenvalue weighted by atomic mass is 10.1. The Bertz CT molecular complexity index is 1240. The molecule has 3 rings (SSSR count). The number of thiophene rings is 1. The minimum atomic E-state index is -0.613. The van der Waals surface area contributed by atoms with E-state index in [1.807, 2.05) is 38.2 Å². The van der Waals surface area contributed by atoms with E-state index in [2.05, 4.69) is 15.5 Å². The van der Waals surface area contributed by atoms with Gasteiger partial charge in [-0.1, -0.05) is 11.8 Å². The van der Waals surface area contributed by atoms with Crippen LogP contribution in [-0.4, -0.2) is 58.2 Å². The average Bonchev–Trinajstić information content (AvgIpc) is 3.38. The highest BCUT2D eigenvalue weighted by molar-refractivity contribution is 7.99. The summed E-state index contributed by atoms with van der Waals surface area (Å²) in [7, 11) is 1.82. The lowest BCUT2D eigenvalue weighted by Crippen LogP contribution is -2.16. The van der Waals surface area contributed by atoms with E-state index in [1.165, 1.54) is 11.8 Å². The van der Waals surface area contributed by atoms with Gasteiger partial charge < -0.3 is 24.1 Å². The van der Waals surface area contributed by atoms with E-state index in [-0.39, 0.29) is 40.3 Å². The van der Waals surface area contributed by atoms with Crippen molar-refractivity contribution in [2.24, 2.45) is 7.05 Å². The van der Waals surface area contributed by atoms with Crippen LogP contribution in [0.15, 0.2) is 29.4 Å². The molecule has 0 unspecified atom stereocenters. The van der Waals surface area contributed by atoms with Crippen molar-refractivity contribution in [3.63, 3.8) is 0 Å². The molecule has 1 N–H and O–H groups in total. The van der Waals surface area contributed by atoms with E-state index >= 15 is 0 Å². The Hall–Kier alpha value is -3.38. The number of carbonyl (C=O) groups is 3. The van der Waals surface area contributed by atoms with Crippen LogP contribution < -0.4 is 10.1 Å². The summed E-state index contributed by atoms with van der Waals surface area (Å²) in [4.78, 5) is 37.8. The molecule has 192 valence electrons. The second-order valence-corrected chi connectivity index (χ2v) is 9.32. The van der Waals surface area contributed by atoms with Crippen molar-refractivity contribution in [3.05, 3.63) is 40.3 Å². The minimum absolute atomic E-state index is 0.0171. The number of aromatic nitrogens is 3. The van der Waals surface area contributed by atoms with Crippen LogP contribution in [0, 0.1) is 6.92 Å². The summed E-state index contributed by atoms with van der Waals surface area (Å²) in [5, 5.41) is 12.0. The molecule has 0 aliphatic rings. The van der Waals surface area contributed by atoms with Gasteiger partial charge in [0.15, 0.2) is 11.0 Å². The molecule has 3 aromatic rings. The number of hydrogen-bond donors (Lipinski definition) is 1. The van der Waals surface area contributed by atoms with Crippen molar-refractivity contribution < 1.29 is 28.6 Å². The molecule has 2 aromatic heterocycles. The molecule has 1 amide bonds. The zero-order chi connectivity index (χ0) is 26.2. The Morgan fingerprint density at radius 3 is 2.31 bits per heavy atom. The number of rotatable bonds is 11. The highest BCUT2D eigenvalue weighted by Gasteiger charge is 2.27. The molecule has 36 heavy (non-hydrogen) atoms. The van der Waals surface area contributed by atoms with Gasteiger partial charge in [0.1, 0.15) is 15.6 Å². The largest absolute Gasteiger partial charge is 0.494 e. The summed E-state index contributed by atoms with van der Waals surface area (Å²) in [6.07, 6.45) is 0. The quantitative estimate of drug-likeness (QED) is 0.284. The number of amides is 1. The van der Waals surface area contributed by atoms with E-state index in [9.17, 15) is 14.4 Å². The Morgan fingerprint density at radius 1 is 1.00 bits per heavy atom. The lowest BCUT2D eigenvalue weighted by molar-refractivity contribution is -0.113. The van der Waals surface area contributed by atoms with Gasteiger partial charge in [-0.15, -0.1) is 21.5 Å². The van der Waals surface area contributed by atoms with Crippen LogP contribution in [0.5, 0.6) is 5.75 Å². The van der Waals surface area contributed by atoms with E-state index in [4.69, 9.17) is 14.2 Å². The molecule has 10 nitrogen and oxygen atoms in total. The van der Waals surface area contributed by atoms with Gasteiger partial charge in [0.05, 0.1) is 31.1 Å². The number of carbonyl (C=O) groups excluding carboxylic acids is 3. The zero-order valence-corrected chi connectivity index (χ0v) is 22.4. The first-order valence-electron chi connectivity index (χ1n) is 11.3. The Labute approximate surface area is 217 Å². The van der Waals surface area contributed by atoms with Crippen molar-refractivity contribution in [2.45, 2.75) is 32.9 Å². The second kappa shape index (κ2) is 12.5. The molecule has 0 aliphatic carbocycles. The smallest absolute Gasteiger partial charge is 0.348 e. The number of benzene rings is 1. The first kappa shape index (κ1) is 27.2. The highest BCUT2D eigenvalue weighted by atomic mass is 32.2. The van der Waals surface area contributed by atoms with Gasteiger partial charge in [0, 0.05) is 12.6 Å². The van der Waals surface area contributed by atoms with Gasteiger partial charge in [0.2, 0.25) is 5.91 Å². The number of anilines is 1. The van der Waals surface area contributed by atoms with Gasteiger partial charge in [0.25, 0.3) is 0 Å². The van der Waals surface area contributed by atoms with E-state index in [1.54, 1.807) is 25.3 Å². The maximum Gasteiger partial charge on any atom is 0.348 e. The van der Waals surface area contributed by atoms with Crippen LogP contribution in [0.4, 0.5) is 5.00 Å². The maximum absolute atomic E-state index is 12.8. The molecule has 0 fully saturated rings. The highest BCUT2D eigenvalue weighted by Crippen LogP contribution is 2.34. The summed E-state index contributed by atoms with van der Waals surface area (Å²) in [5.41, 5.74) is 1.43. The summed E-state index contributed by atoms with van der Waals surface area (Å²) in [6, 6.07) is 7.52. The van der Waals surface area contributed by atoms with Gasteiger partial charge in [-0.2, -0.15) is 0 Å². The van der Waals surface area contributed by atoms with Gasteiger partial charge in [-0.3, -0.25) is 4.79 Å². The van der Waals surface area contributed by atoms with Crippen molar-refractivity contribution in [3.8, 4) is 17.1 Å². The SMILES string of the molecule is CCOC(=O)c1sc(NC(=O)CSc2nnc(-c3ccc(OCC)cc3)n2C)c(C(=O)OCC)c1C. The van der Waals surface area contributed by atoms with Crippen molar-refractivity contribution in [1.82, 2.24) is 14.8 Å². The zero-order valence-electron chi connectivity index (χ0n) is 20.7. The molecule has 0 aliphatic heterocycles. The number of hydrogen-bond acceptors (Lipinski definition) is 10. The molecule has 0 atom stereocenters. The van der Waals surface area contributed by atoms with Crippen LogP contribution in [0.3, 0.4) is 0 Å². The number of esters is 2. The third-order valence-electron chi connectivity index (χ3n) is 4.93. The predicted molar refractivity (Wildman–Crippen MR) is 138 cm³/mol. The summed E-state index contributed by atoms with van der Waals surface area (Å²) in [6.45, 7) is 7.87. The van der Waals surface area contributed by atoms with Crippen LogP contribution in [-0.2, 0) is 21.3 Å². The summed E-state index contributed by atoms with van der Waals surface area (Å²) >= 11 is 2.19. The number of thioether (sulfide) groups is 1. The van der Waals surface area contributed by atoms with Crippen molar-refractivity contribution >= 4 is 45.9 Å². The van der Waals surface area contributed by atoms with Crippen molar-refractivity contribution in [1.29, 1.82) is 0 Å². The summed E-state index contributed by atoms with van der Waals surface area (Å²) in [5.74, 6) is -0.0963. The average molecular weight is 533 g/mol. The number of nitrogens with one attached hydrogen (secondary N) is 1. The monoisotopic (exact) mass is 532 g/mol. The molecule has 0 radical (unpaired) electrons. The maximum atomic E-state index is 12.8. The fourth-order valence-electron chi connectivity index (χ4n) is 3.29. The molecule has 1 aromatic carbocycles. The van der Waals surface area contributed by atoms with Gasteiger partial charge in [-0.05, 0) is 57.5 Å². The van der Waals surface area contributed by atoms with E-state index in [0.717, 1.165) is 22.6 Å². The Balaban J connectivity index is 1.72. The normalized spacial score (nSPS) is 10.7. The van der Waals surface area contributed by atoms with Gasteiger partial charge in [-0.25, -0.2) is 9.59 Å². The molecule has 0 saturated carbocycles. The lowest BCUT2D eigenvalue weighted by Gasteiger charge is -2.07. The third-order valence-corrected chi connectivity index (χ3v) is 7.14. The summed E-state index contributed by atoms with van der Waals surface area (Å²) < 4.78 is 17.5. The van der Waals surface area contributed by atoms with Crippen LogP contribution in [0.1, 0.15) is 46.4 Å². The fourth-order valence-corrected chi connectivity index (χ4v) is 5.11. The predicted octanol–water partition coefficient (Wildman–Crippen LogP) is 4.33. The Morgan fingerprint density at radius 2 is 1.67 bits per heavy atom. The molecule has 0 spiro atoms. The topological polar surface area (TPSA) is 122 Å².